The molecule has 21 heavy (non-hydrogen) atoms. The van der Waals surface area contributed by atoms with Crippen molar-refractivity contribution in [3.8, 4) is 0 Å². The molecule has 0 aromatic rings. The second-order valence-electron chi connectivity index (χ2n) is 5.83. The van der Waals surface area contributed by atoms with Gasteiger partial charge in [0.15, 0.2) is 5.11 Å². The van der Waals surface area contributed by atoms with Gasteiger partial charge in [-0.05, 0) is 52.8 Å². The molecule has 1 rings (SSSR count). The first-order chi connectivity index (χ1) is 9.84. The summed E-state index contributed by atoms with van der Waals surface area (Å²) in [5, 5.41) is 6.10. The number of rotatable bonds is 7. The van der Waals surface area contributed by atoms with Gasteiger partial charge >= 0.3 is 7.60 Å². The highest BCUT2D eigenvalue weighted by molar-refractivity contribution is 7.80. The third kappa shape index (κ3) is 5.51. The predicted molar refractivity (Wildman–Crippen MR) is 90.7 cm³/mol. The molecule has 0 aliphatic heterocycles. The molecule has 0 atom stereocenters. The van der Waals surface area contributed by atoms with Crippen LogP contribution < -0.4 is 10.6 Å². The summed E-state index contributed by atoms with van der Waals surface area (Å²) in [7, 11) is -3.27. The first-order valence-electron chi connectivity index (χ1n) is 7.82. The van der Waals surface area contributed by atoms with Crippen LogP contribution in [0.15, 0.2) is 0 Å². The summed E-state index contributed by atoms with van der Waals surface area (Å²) in [5.74, 6) is 0. The second-order valence-corrected chi connectivity index (χ2v) is 8.86. The Morgan fingerprint density at radius 3 is 2.19 bits per heavy atom. The van der Waals surface area contributed by atoms with Crippen molar-refractivity contribution in [2.45, 2.75) is 71.1 Å². The van der Waals surface area contributed by atoms with Crippen molar-refractivity contribution < 1.29 is 13.6 Å². The zero-order chi connectivity index (χ0) is 15.9. The van der Waals surface area contributed by atoms with Crippen LogP contribution >= 0.6 is 19.8 Å². The fourth-order valence-corrected chi connectivity index (χ4v) is 4.66. The van der Waals surface area contributed by atoms with E-state index < -0.39 is 12.9 Å². The minimum atomic E-state index is -3.27. The highest BCUT2D eigenvalue weighted by Gasteiger charge is 2.44. The van der Waals surface area contributed by atoms with Crippen molar-refractivity contribution in [2.75, 3.05) is 13.2 Å². The summed E-state index contributed by atoms with van der Waals surface area (Å²) < 4.78 is 23.7. The Balaban J connectivity index is 2.63. The highest BCUT2D eigenvalue weighted by atomic mass is 32.1. The van der Waals surface area contributed by atoms with Crippen molar-refractivity contribution in [3.05, 3.63) is 0 Å². The van der Waals surface area contributed by atoms with Gasteiger partial charge in [0.05, 0.1) is 13.2 Å². The lowest BCUT2D eigenvalue weighted by Crippen LogP contribution is -2.51. The molecule has 0 amide bonds. The minimum Gasteiger partial charge on any atom is -0.360 e. The van der Waals surface area contributed by atoms with Gasteiger partial charge in [0.1, 0.15) is 5.28 Å². The molecule has 1 aliphatic carbocycles. The Morgan fingerprint density at radius 2 is 1.71 bits per heavy atom. The van der Waals surface area contributed by atoms with E-state index in [1.165, 1.54) is 19.3 Å². The molecule has 0 unspecified atom stereocenters. The smallest absolute Gasteiger partial charge is 0.355 e. The summed E-state index contributed by atoms with van der Waals surface area (Å²) in [6.45, 7) is 7.89. The summed E-state index contributed by atoms with van der Waals surface area (Å²) >= 11 is 5.37. The number of hydrogen-bond acceptors (Lipinski definition) is 4. The quantitative estimate of drug-likeness (QED) is 0.545. The van der Waals surface area contributed by atoms with E-state index in [4.69, 9.17) is 21.3 Å². The normalized spacial score (nSPS) is 17.5. The Kier molecular flexibility index (Phi) is 7.62. The van der Waals surface area contributed by atoms with Gasteiger partial charge < -0.3 is 19.7 Å². The maximum Gasteiger partial charge on any atom is 0.355 e. The first-order valence-corrected chi connectivity index (χ1v) is 9.77. The van der Waals surface area contributed by atoms with Crippen molar-refractivity contribution in [1.29, 1.82) is 0 Å². The number of thiocarbonyl (C=S) groups is 1. The van der Waals surface area contributed by atoms with Crippen LogP contribution in [-0.4, -0.2) is 29.6 Å². The Morgan fingerprint density at radius 1 is 1.19 bits per heavy atom. The highest BCUT2D eigenvalue weighted by Crippen LogP contribution is 2.58. The zero-order valence-electron chi connectivity index (χ0n) is 13.6. The predicted octanol–water partition coefficient (Wildman–Crippen LogP) is 3.79. The number of hydrogen-bond donors (Lipinski definition) is 2. The average molecular weight is 336 g/mol. The van der Waals surface area contributed by atoms with Gasteiger partial charge in [0.2, 0.25) is 0 Å². The maximum absolute atomic E-state index is 12.9. The zero-order valence-corrected chi connectivity index (χ0v) is 15.3. The minimum absolute atomic E-state index is 0.338. The van der Waals surface area contributed by atoms with Gasteiger partial charge in [0, 0.05) is 6.04 Å². The molecule has 0 aromatic heterocycles. The summed E-state index contributed by atoms with van der Waals surface area (Å²) in [6.07, 6.45) is 6.04. The lowest BCUT2D eigenvalue weighted by molar-refractivity contribution is 0.197. The van der Waals surface area contributed by atoms with Crippen LogP contribution in [-0.2, 0) is 13.6 Å². The molecule has 1 aliphatic rings. The Labute approximate surface area is 134 Å². The SMILES string of the molecule is CCOP(=O)(OCC)C(C)(C)NC(=S)NC1CCCCC1. The van der Waals surface area contributed by atoms with E-state index in [0.29, 0.717) is 24.4 Å². The summed E-state index contributed by atoms with van der Waals surface area (Å²) in [5.41, 5.74) is 0. The fourth-order valence-electron chi connectivity index (χ4n) is 2.51. The molecule has 2 N–H and O–H groups in total. The van der Waals surface area contributed by atoms with Gasteiger partial charge in [-0.25, -0.2) is 0 Å². The van der Waals surface area contributed by atoms with Crippen LogP contribution in [0.1, 0.15) is 59.8 Å². The molecule has 0 aromatic carbocycles. The molecular formula is C14H29N2O3PS. The van der Waals surface area contributed by atoms with Gasteiger partial charge in [0.25, 0.3) is 0 Å². The number of nitrogens with one attached hydrogen (secondary N) is 2. The van der Waals surface area contributed by atoms with Crippen molar-refractivity contribution in [1.82, 2.24) is 10.6 Å². The van der Waals surface area contributed by atoms with E-state index in [1.54, 1.807) is 27.7 Å². The standard InChI is InChI=1S/C14H29N2O3PS/c1-5-18-20(17,19-6-2)14(3,4)16-13(21)15-12-10-8-7-9-11-12/h12H,5-11H2,1-4H3,(H2,15,16,21). The summed E-state index contributed by atoms with van der Waals surface area (Å²) in [4.78, 5) is 0. The van der Waals surface area contributed by atoms with E-state index in [2.05, 4.69) is 10.6 Å². The molecule has 5 nitrogen and oxygen atoms in total. The van der Waals surface area contributed by atoms with Crippen LogP contribution in [0.2, 0.25) is 0 Å². The van der Waals surface area contributed by atoms with E-state index in [9.17, 15) is 4.57 Å². The molecule has 1 fully saturated rings. The second kappa shape index (κ2) is 8.47. The Bertz CT molecular complexity index is 374. The third-order valence-corrected chi connectivity index (χ3v) is 6.54. The van der Waals surface area contributed by atoms with Crippen molar-refractivity contribution >= 4 is 24.9 Å². The molecule has 0 saturated heterocycles. The van der Waals surface area contributed by atoms with E-state index in [1.807, 2.05) is 0 Å². The molecule has 124 valence electrons. The molecular weight excluding hydrogens is 307 g/mol. The van der Waals surface area contributed by atoms with Gasteiger partial charge in [-0.2, -0.15) is 0 Å². The lowest BCUT2D eigenvalue weighted by Gasteiger charge is -2.35. The first kappa shape index (κ1) is 18.9. The largest absolute Gasteiger partial charge is 0.360 e. The van der Waals surface area contributed by atoms with Crippen molar-refractivity contribution in [2.24, 2.45) is 0 Å². The molecule has 0 heterocycles. The lowest BCUT2D eigenvalue weighted by atomic mass is 9.96. The van der Waals surface area contributed by atoms with Crippen molar-refractivity contribution in [3.63, 3.8) is 0 Å². The van der Waals surface area contributed by atoms with Gasteiger partial charge in [-0.1, -0.05) is 19.3 Å². The van der Waals surface area contributed by atoms with Gasteiger partial charge in [-0.15, -0.1) is 0 Å². The average Bonchev–Trinajstić information content (AvgIpc) is 2.39. The van der Waals surface area contributed by atoms with E-state index in [0.717, 1.165) is 12.8 Å². The van der Waals surface area contributed by atoms with Crippen LogP contribution in [0.3, 0.4) is 0 Å². The van der Waals surface area contributed by atoms with Crippen LogP contribution in [0.25, 0.3) is 0 Å². The monoisotopic (exact) mass is 336 g/mol. The molecule has 0 spiro atoms. The third-order valence-electron chi connectivity index (χ3n) is 3.64. The van der Waals surface area contributed by atoms with Crippen LogP contribution in [0.4, 0.5) is 0 Å². The van der Waals surface area contributed by atoms with Crippen LogP contribution in [0, 0.1) is 0 Å². The summed E-state index contributed by atoms with van der Waals surface area (Å²) in [6, 6.07) is 0.410. The van der Waals surface area contributed by atoms with E-state index >= 15 is 0 Å². The Hall–Kier alpha value is -0.160. The van der Waals surface area contributed by atoms with Crippen LogP contribution in [0.5, 0.6) is 0 Å². The topological polar surface area (TPSA) is 59.6 Å². The van der Waals surface area contributed by atoms with Gasteiger partial charge in [-0.3, -0.25) is 4.57 Å². The molecule has 1 saturated carbocycles. The molecule has 0 radical (unpaired) electrons. The molecule has 7 heteroatoms. The fraction of sp³-hybridized carbons (Fsp3) is 0.929. The molecule has 0 bridgehead atoms. The van der Waals surface area contributed by atoms with E-state index in [-0.39, 0.29) is 0 Å². The maximum atomic E-state index is 12.9.